The SMILES string of the molecule is COc1ccc(CN2CCN(C(=O)c3ccc(CN)cc3)CC2)cc1F. The van der Waals surface area contributed by atoms with Gasteiger partial charge in [0, 0.05) is 44.8 Å². The Kier molecular flexibility index (Phi) is 5.85. The molecule has 1 fully saturated rings. The minimum Gasteiger partial charge on any atom is -0.494 e. The number of nitrogens with zero attached hydrogens (tertiary/aromatic N) is 2. The molecule has 2 aromatic carbocycles. The minimum atomic E-state index is -0.347. The molecule has 26 heavy (non-hydrogen) atoms. The first-order valence-corrected chi connectivity index (χ1v) is 8.73. The Morgan fingerprint density at radius 3 is 2.31 bits per heavy atom. The molecule has 0 spiro atoms. The van der Waals surface area contributed by atoms with Crippen LogP contribution in [-0.4, -0.2) is 49.0 Å². The number of ether oxygens (including phenoxy) is 1. The van der Waals surface area contributed by atoms with Crippen LogP contribution in [0.25, 0.3) is 0 Å². The molecule has 6 heteroatoms. The topological polar surface area (TPSA) is 58.8 Å². The van der Waals surface area contributed by atoms with E-state index in [2.05, 4.69) is 4.90 Å². The van der Waals surface area contributed by atoms with Crippen molar-refractivity contribution in [1.29, 1.82) is 0 Å². The highest BCUT2D eigenvalue weighted by Crippen LogP contribution is 2.19. The Balaban J connectivity index is 1.55. The number of nitrogens with two attached hydrogens (primary N) is 1. The normalized spacial score (nSPS) is 15.1. The lowest BCUT2D eigenvalue weighted by Gasteiger charge is -2.34. The number of carbonyl (C=O) groups is 1. The maximum atomic E-state index is 13.8. The van der Waals surface area contributed by atoms with Gasteiger partial charge in [-0.2, -0.15) is 0 Å². The molecule has 0 unspecified atom stereocenters. The lowest BCUT2D eigenvalue weighted by Crippen LogP contribution is -2.48. The zero-order valence-corrected chi connectivity index (χ0v) is 15.0. The molecule has 1 aliphatic rings. The van der Waals surface area contributed by atoms with Crippen molar-refractivity contribution >= 4 is 5.91 Å². The summed E-state index contributed by atoms with van der Waals surface area (Å²) in [6.45, 7) is 3.99. The monoisotopic (exact) mass is 357 g/mol. The van der Waals surface area contributed by atoms with Crippen LogP contribution in [0.4, 0.5) is 4.39 Å². The number of benzene rings is 2. The van der Waals surface area contributed by atoms with Gasteiger partial charge in [-0.05, 0) is 35.4 Å². The van der Waals surface area contributed by atoms with Gasteiger partial charge in [0.05, 0.1) is 7.11 Å². The summed E-state index contributed by atoms with van der Waals surface area (Å²) in [5.41, 5.74) is 8.19. The van der Waals surface area contributed by atoms with Crippen LogP contribution < -0.4 is 10.5 Å². The molecule has 138 valence electrons. The van der Waals surface area contributed by atoms with Gasteiger partial charge in [0.1, 0.15) is 0 Å². The second-order valence-corrected chi connectivity index (χ2v) is 6.44. The van der Waals surface area contributed by atoms with Crippen LogP contribution in [0.15, 0.2) is 42.5 Å². The molecule has 0 bridgehead atoms. The standard InChI is InChI=1S/C20H24FN3O2/c1-26-19-7-4-16(12-18(19)21)14-23-8-10-24(11-9-23)20(25)17-5-2-15(13-22)3-6-17/h2-7,12H,8-11,13-14,22H2,1H3. The summed E-state index contributed by atoms with van der Waals surface area (Å²) in [5.74, 6) is -0.0479. The highest BCUT2D eigenvalue weighted by atomic mass is 19.1. The lowest BCUT2D eigenvalue weighted by atomic mass is 10.1. The number of piperazine rings is 1. The highest BCUT2D eigenvalue weighted by Gasteiger charge is 2.22. The number of rotatable bonds is 5. The highest BCUT2D eigenvalue weighted by molar-refractivity contribution is 5.94. The van der Waals surface area contributed by atoms with Crippen LogP contribution in [-0.2, 0) is 13.1 Å². The molecule has 0 aromatic heterocycles. The van der Waals surface area contributed by atoms with Gasteiger partial charge in [0.25, 0.3) is 5.91 Å². The van der Waals surface area contributed by atoms with Crippen molar-refractivity contribution < 1.29 is 13.9 Å². The molecule has 3 rings (SSSR count). The van der Waals surface area contributed by atoms with E-state index >= 15 is 0 Å². The van der Waals surface area contributed by atoms with E-state index in [-0.39, 0.29) is 17.5 Å². The molecular weight excluding hydrogens is 333 g/mol. The Labute approximate surface area is 153 Å². The van der Waals surface area contributed by atoms with Crippen LogP contribution in [0.1, 0.15) is 21.5 Å². The van der Waals surface area contributed by atoms with Gasteiger partial charge in [0.2, 0.25) is 0 Å². The first kappa shape index (κ1) is 18.4. The van der Waals surface area contributed by atoms with Crippen molar-refractivity contribution in [1.82, 2.24) is 9.80 Å². The molecule has 0 aliphatic carbocycles. The Morgan fingerprint density at radius 1 is 1.08 bits per heavy atom. The summed E-state index contributed by atoms with van der Waals surface area (Å²) >= 11 is 0. The first-order valence-electron chi connectivity index (χ1n) is 8.73. The number of hydrogen-bond acceptors (Lipinski definition) is 4. The third-order valence-corrected chi connectivity index (χ3v) is 4.72. The quantitative estimate of drug-likeness (QED) is 0.892. The average Bonchev–Trinajstić information content (AvgIpc) is 2.68. The summed E-state index contributed by atoms with van der Waals surface area (Å²) in [6, 6.07) is 12.5. The average molecular weight is 357 g/mol. The molecule has 1 aliphatic heterocycles. The van der Waals surface area contributed by atoms with Crippen LogP contribution >= 0.6 is 0 Å². The van der Waals surface area contributed by atoms with Gasteiger partial charge >= 0.3 is 0 Å². The Bertz CT molecular complexity index is 756. The van der Waals surface area contributed by atoms with Gasteiger partial charge in [-0.15, -0.1) is 0 Å². The molecule has 0 radical (unpaired) electrons. The minimum absolute atomic E-state index is 0.0451. The second kappa shape index (κ2) is 8.29. The number of carbonyl (C=O) groups excluding carboxylic acids is 1. The summed E-state index contributed by atoms with van der Waals surface area (Å²) in [6.07, 6.45) is 0. The van der Waals surface area contributed by atoms with Gasteiger partial charge in [-0.3, -0.25) is 9.69 Å². The summed E-state index contributed by atoms with van der Waals surface area (Å²) in [5, 5.41) is 0. The van der Waals surface area contributed by atoms with Gasteiger partial charge in [-0.1, -0.05) is 18.2 Å². The Hall–Kier alpha value is -2.44. The van der Waals surface area contributed by atoms with Crippen molar-refractivity contribution in [2.75, 3.05) is 33.3 Å². The smallest absolute Gasteiger partial charge is 0.253 e. The van der Waals surface area contributed by atoms with Crippen LogP contribution in [0.2, 0.25) is 0 Å². The van der Waals surface area contributed by atoms with Crippen LogP contribution in [0.3, 0.4) is 0 Å². The molecule has 2 aromatic rings. The van der Waals surface area contributed by atoms with Gasteiger partial charge in [-0.25, -0.2) is 4.39 Å². The van der Waals surface area contributed by atoms with Gasteiger partial charge < -0.3 is 15.4 Å². The fourth-order valence-electron chi connectivity index (χ4n) is 3.14. The maximum Gasteiger partial charge on any atom is 0.253 e. The summed E-state index contributed by atoms with van der Waals surface area (Å²) < 4.78 is 18.8. The van der Waals surface area contributed by atoms with Crippen molar-refractivity contribution in [2.45, 2.75) is 13.1 Å². The van der Waals surface area contributed by atoms with E-state index in [9.17, 15) is 9.18 Å². The zero-order valence-electron chi connectivity index (χ0n) is 15.0. The summed E-state index contributed by atoms with van der Waals surface area (Å²) in [4.78, 5) is 16.7. The molecule has 0 atom stereocenters. The number of amides is 1. The van der Waals surface area contributed by atoms with E-state index < -0.39 is 0 Å². The maximum absolute atomic E-state index is 13.8. The van der Waals surface area contributed by atoms with Crippen molar-refractivity contribution in [3.63, 3.8) is 0 Å². The number of methoxy groups -OCH3 is 1. The largest absolute Gasteiger partial charge is 0.494 e. The molecule has 1 heterocycles. The van der Waals surface area contributed by atoms with E-state index in [1.165, 1.54) is 13.2 Å². The number of halogens is 1. The van der Waals surface area contributed by atoms with Gasteiger partial charge in [0.15, 0.2) is 11.6 Å². The van der Waals surface area contributed by atoms with E-state index in [1.54, 1.807) is 6.07 Å². The Morgan fingerprint density at radius 2 is 1.73 bits per heavy atom. The molecule has 2 N–H and O–H groups in total. The third kappa shape index (κ3) is 4.20. The van der Waals surface area contributed by atoms with E-state index in [4.69, 9.17) is 10.5 Å². The van der Waals surface area contributed by atoms with Crippen LogP contribution in [0, 0.1) is 5.82 Å². The van der Waals surface area contributed by atoms with Crippen molar-refractivity contribution in [3.05, 3.63) is 65.0 Å². The first-order chi connectivity index (χ1) is 12.6. The van der Waals surface area contributed by atoms with Crippen LogP contribution in [0.5, 0.6) is 5.75 Å². The molecule has 0 saturated carbocycles. The van der Waals surface area contributed by atoms with E-state index in [0.717, 1.165) is 24.2 Å². The molecular formula is C20H24FN3O2. The fourth-order valence-corrected chi connectivity index (χ4v) is 3.14. The molecule has 5 nitrogen and oxygen atoms in total. The molecule has 1 amide bonds. The van der Waals surface area contributed by atoms with Crippen molar-refractivity contribution in [2.24, 2.45) is 5.73 Å². The second-order valence-electron chi connectivity index (χ2n) is 6.44. The third-order valence-electron chi connectivity index (χ3n) is 4.72. The number of hydrogen-bond donors (Lipinski definition) is 1. The fraction of sp³-hybridized carbons (Fsp3) is 0.350. The zero-order chi connectivity index (χ0) is 18.5. The lowest BCUT2D eigenvalue weighted by molar-refractivity contribution is 0.0628. The molecule has 1 saturated heterocycles. The van der Waals surface area contributed by atoms with Crippen molar-refractivity contribution in [3.8, 4) is 5.75 Å². The van der Waals surface area contributed by atoms with E-state index in [0.29, 0.717) is 31.7 Å². The predicted octanol–water partition coefficient (Wildman–Crippen LogP) is 2.25. The predicted molar refractivity (Wildman–Crippen MR) is 98.5 cm³/mol. The summed E-state index contributed by atoms with van der Waals surface area (Å²) in [7, 11) is 1.46. The van der Waals surface area contributed by atoms with E-state index in [1.807, 2.05) is 35.2 Å².